The van der Waals surface area contributed by atoms with Crippen molar-refractivity contribution in [2.75, 3.05) is 6.61 Å². The summed E-state index contributed by atoms with van der Waals surface area (Å²) in [6.45, 7) is 6.09. The van der Waals surface area contributed by atoms with Crippen molar-refractivity contribution in [3.8, 4) is 11.8 Å². The molecule has 1 aliphatic rings. The fraction of sp³-hybridized carbons (Fsp3) is 0.222. The molecular formula is C27H22Cl3N3O2. The maximum atomic E-state index is 13.1. The Morgan fingerprint density at radius 3 is 2.09 bits per heavy atom. The van der Waals surface area contributed by atoms with Gasteiger partial charge in [0, 0.05) is 10.0 Å². The highest BCUT2D eigenvalue weighted by Crippen LogP contribution is 2.54. The van der Waals surface area contributed by atoms with Crippen LogP contribution in [0.15, 0.2) is 71.7 Å². The highest BCUT2D eigenvalue weighted by atomic mass is 35.5. The molecule has 8 heteroatoms. The number of aliphatic imine (C=N–C) groups is 1. The number of halogens is 3. The van der Waals surface area contributed by atoms with E-state index in [9.17, 15) is 10.1 Å². The van der Waals surface area contributed by atoms with Gasteiger partial charge in [0.1, 0.15) is 22.7 Å². The summed E-state index contributed by atoms with van der Waals surface area (Å²) in [6, 6.07) is 21.8. The molecule has 2 atom stereocenters. The van der Waals surface area contributed by atoms with Crippen molar-refractivity contribution >= 4 is 46.0 Å². The van der Waals surface area contributed by atoms with Crippen LogP contribution in [-0.4, -0.2) is 22.7 Å². The maximum absolute atomic E-state index is 13.1. The van der Waals surface area contributed by atoms with Gasteiger partial charge in [0.15, 0.2) is 0 Å². The molecule has 0 aromatic heterocycles. The van der Waals surface area contributed by atoms with Crippen LogP contribution < -0.4 is 4.74 Å². The molecule has 0 saturated carbocycles. The van der Waals surface area contributed by atoms with Crippen molar-refractivity contribution in [1.82, 2.24) is 4.90 Å². The van der Waals surface area contributed by atoms with Gasteiger partial charge in [-0.15, -0.1) is 0 Å². The Labute approximate surface area is 219 Å². The first-order valence-corrected chi connectivity index (χ1v) is 12.1. The lowest BCUT2D eigenvalue weighted by atomic mass is 9.71. The zero-order valence-corrected chi connectivity index (χ0v) is 21.6. The van der Waals surface area contributed by atoms with Crippen LogP contribution in [-0.2, 0) is 11.1 Å². The molecule has 1 aliphatic heterocycles. The molecule has 0 radical (unpaired) electrons. The Kier molecular flexibility index (Phi) is 6.83. The molecule has 0 N–H and O–H groups in total. The first-order chi connectivity index (χ1) is 16.7. The molecule has 3 aromatic rings. The fourth-order valence-corrected chi connectivity index (χ4v) is 5.10. The Hall–Kier alpha value is -3.04. The first kappa shape index (κ1) is 25.1. The maximum Gasteiger partial charge on any atom is 0.322 e. The molecule has 1 heterocycles. The smallest absolute Gasteiger partial charge is 0.322 e. The lowest BCUT2D eigenvalue weighted by Crippen LogP contribution is -2.53. The van der Waals surface area contributed by atoms with Crippen molar-refractivity contribution in [3.05, 3.63) is 99.0 Å². The predicted molar refractivity (Wildman–Crippen MR) is 140 cm³/mol. The summed E-state index contributed by atoms with van der Waals surface area (Å²) in [4.78, 5) is 19.7. The zero-order chi connectivity index (χ0) is 25.4. The van der Waals surface area contributed by atoms with Gasteiger partial charge in [-0.25, -0.2) is 0 Å². The first-order valence-electron chi connectivity index (χ1n) is 10.9. The van der Waals surface area contributed by atoms with E-state index < -0.39 is 16.4 Å². The number of amidine groups is 1. The van der Waals surface area contributed by atoms with Crippen LogP contribution in [0.4, 0.5) is 4.79 Å². The Balaban J connectivity index is 2.04. The molecule has 0 aliphatic carbocycles. The minimum atomic E-state index is -1.04. The average Bonchev–Trinajstić information content (AvgIpc) is 3.08. The van der Waals surface area contributed by atoms with E-state index in [4.69, 9.17) is 44.5 Å². The van der Waals surface area contributed by atoms with E-state index in [1.54, 1.807) is 42.5 Å². The van der Waals surface area contributed by atoms with E-state index >= 15 is 0 Å². The van der Waals surface area contributed by atoms with Crippen molar-refractivity contribution in [3.63, 3.8) is 0 Å². The quantitative estimate of drug-likeness (QED) is 0.255. The topological polar surface area (TPSA) is 65.7 Å². The second kappa shape index (κ2) is 9.54. The average molecular weight is 527 g/mol. The van der Waals surface area contributed by atoms with Crippen LogP contribution in [0, 0.1) is 11.3 Å². The molecule has 178 valence electrons. The highest BCUT2D eigenvalue weighted by Gasteiger charge is 2.59. The van der Waals surface area contributed by atoms with Crippen LogP contribution >= 0.6 is 34.8 Å². The van der Waals surface area contributed by atoms with Gasteiger partial charge in [0.25, 0.3) is 0 Å². The Bertz CT molecular complexity index is 1350. The van der Waals surface area contributed by atoms with E-state index in [-0.39, 0.29) is 0 Å². The van der Waals surface area contributed by atoms with Crippen LogP contribution in [0.25, 0.3) is 0 Å². The summed E-state index contributed by atoms with van der Waals surface area (Å²) in [5.41, 5.74) is 0.598. The number of ether oxygens (including phenoxy) is 1. The third-order valence-electron chi connectivity index (χ3n) is 6.58. The van der Waals surface area contributed by atoms with Gasteiger partial charge < -0.3 is 4.74 Å². The van der Waals surface area contributed by atoms with Gasteiger partial charge in [0.05, 0.1) is 23.8 Å². The summed E-state index contributed by atoms with van der Waals surface area (Å²) >= 11 is 18.7. The van der Waals surface area contributed by atoms with Crippen LogP contribution in [0.3, 0.4) is 0 Å². The van der Waals surface area contributed by atoms with Crippen LogP contribution in [0.1, 0.15) is 43.0 Å². The lowest BCUT2D eigenvalue weighted by Gasteiger charge is -2.44. The Morgan fingerprint density at radius 2 is 1.57 bits per heavy atom. The van der Waals surface area contributed by atoms with E-state index in [1.807, 2.05) is 45.0 Å². The van der Waals surface area contributed by atoms with Crippen LogP contribution in [0.2, 0.25) is 10.0 Å². The molecule has 0 bridgehead atoms. The minimum absolute atomic E-state index is 0.341. The van der Waals surface area contributed by atoms with E-state index in [0.29, 0.717) is 39.4 Å². The number of amides is 1. The van der Waals surface area contributed by atoms with E-state index in [1.165, 1.54) is 4.90 Å². The number of rotatable bonds is 5. The van der Waals surface area contributed by atoms with Gasteiger partial charge in [0.2, 0.25) is 0 Å². The molecule has 0 spiro atoms. The highest BCUT2D eigenvalue weighted by molar-refractivity contribution is 6.64. The third-order valence-corrected chi connectivity index (χ3v) is 7.25. The lowest BCUT2D eigenvalue weighted by molar-refractivity contribution is 0.149. The number of nitrogens with zero attached hydrogens (tertiary/aromatic N) is 3. The summed E-state index contributed by atoms with van der Waals surface area (Å²) < 4.78 is 5.85. The van der Waals surface area contributed by atoms with Gasteiger partial charge in [-0.3, -0.25) is 14.7 Å². The van der Waals surface area contributed by atoms with Crippen molar-refractivity contribution < 1.29 is 9.53 Å². The second-order valence-corrected chi connectivity index (χ2v) is 9.63. The molecule has 0 fully saturated rings. The number of hydrogen-bond acceptors (Lipinski definition) is 4. The predicted octanol–water partition coefficient (Wildman–Crippen LogP) is 7.52. The SMILES string of the molecule is CCOc1cc(C#N)ccc1C1=N[C@@](C)(c2ccc(Cl)cc2)[C@@](C)(c2ccc(Cl)cc2)N1C(=O)Cl. The summed E-state index contributed by atoms with van der Waals surface area (Å²) in [6.07, 6.45) is 0. The summed E-state index contributed by atoms with van der Waals surface area (Å²) in [5.74, 6) is 0.778. The molecule has 0 unspecified atom stereocenters. The minimum Gasteiger partial charge on any atom is -0.493 e. The number of carbonyl (C=O) groups is 1. The molecule has 35 heavy (non-hydrogen) atoms. The Morgan fingerprint density at radius 1 is 1.00 bits per heavy atom. The van der Waals surface area contributed by atoms with Gasteiger partial charge in [-0.1, -0.05) is 47.5 Å². The zero-order valence-electron chi connectivity index (χ0n) is 19.3. The number of carbonyl (C=O) groups excluding carboxylic acids is 1. The van der Waals surface area contributed by atoms with Crippen molar-refractivity contribution in [1.29, 1.82) is 5.26 Å². The summed E-state index contributed by atoms with van der Waals surface area (Å²) in [7, 11) is 0. The van der Waals surface area contributed by atoms with Crippen molar-refractivity contribution in [2.45, 2.75) is 31.8 Å². The molecule has 0 saturated heterocycles. The van der Waals surface area contributed by atoms with Gasteiger partial charge in [-0.2, -0.15) is 5.26 Å². The molecular weight excluding hydrogens is 505 g/mol. The third kappa shape index (κ3) is 4.16. The monoisotopic (exact) mass is 525 g/mol. The standard InChI is InChI=1S/C27H22Cl3N3O2/c1-4-35-23-15-17(16-31)5-14-22(23)24-32-26(2,18-6-10-20(28)11-7-18)27(3,33(24)25(30)34)19-8-12-21(29)13-9-19/h5-15H,4H2,1-3H3/t26-,27+/m0/s1. The molecule has 1 amide bonds. The summed E-state index contributed by atoms with van der Waals surface area (Å²) in [5, 5.41) is 9.84. The molecule has 5 nitrogen and oxygen atoms in total. The molecule has 4 rings (SSSR count). The van der Waals surface area contributed by atoms with Crippen molar-refractivity contribution in [2.24, 2.45) is 4.99 Å². The number of benzene rings is 3. The van der Waals surface area contributed by atoms with E-state index in [2.05, 4.69) is 6.07 Å². The van der Waals surface area contributed by atoms with Gasteiger partial charge >= 0.3 is 5.37 Å². The normalized spacial score (nSPS) is 21.4. The second-order valence-electron chi connectivity index (χ2n) is 8.44. The van der Waals surface area contributed by atoms with Crippen LogP contribution in [0.5, 0.6) is 5.75 Å². The number of nitriles is 1. The number of hydrogen-bond donors (Lipinski definition) is 0. The molecule has 3 aromatic carbocycles. The van der Waals surface area contributed by atoms with E-state index in [0.717, 1.165) is 11.1 Å². The van der Waals surface area contributed by atoms with Gasteiger partial charge in [-0.05, 0) is 86.0 Å². The fourth-order valence-electron chi connectivity index (χ4n) is 4.60. The largest absolute Gasteiger partial charge is 0.493 e.